The number of aromatic nitrogens is 2. The Hall–Kier alpha value is -1.79. The second-order valence-corrected chi connectivity index (χ2v) is 8.48. The Kier molecular flexibility index (Phi) is 4.87. The molecule has 1 aromatic heterocycles. The third-order valence-corrected chi connectivity index (χ3v) is 5.13. The molecule has 23 heavy (non-hydrogen) atoms. The third kappa shape index (κ3) is 4.14. The lowest BCUT2D eigenvalue weighted by molar-refractivity contribution is 0.551. The Balaban J connectivity index is 2.27. The molecule has 0 atom stereocenters. The van der Waals surface area contributed by atoms with E-state index in [9.17, 15) is 8.42 Å². The lowest BCUT2D eigenvalue weighted by Gasteiger charge is -2.21. The van der Waals surface area contributed by atoms with Crippen LogP contribution in [0.15, 0.2) is 35.6 Å². The predicted molar refractivity (Wildman–Crippen MR) is 90.7 cm³/mol. The standard InChI is InChI=1S/C17H23N3O2S/c1-12-6-7-15(13(2)8-12)23(21,22)20-10-14-9-18-11-19-16(14)17(3,4)5/h6-9,11,20H,10H2,1-5H3. The molecular formula is C17H23N3O2S. The van der Waals surface area contributed by atoms with E-state index in [1.165, 1.54) is 6.33 Å². The van der Waals surface area contributed by atoms with Gasteiger partial charge in [-0.1, -0.05) is 38.5 Å². The van der Waals surface area contributed by atoms with Crippen LogP contribution in [0, 0.1) is 13.8 Å². The summed E-state index contributed by atoms with van der Waals surface area (Å²) in [4.78, 5) is 8.63. The van der Waals surface area contributed by atoms with Gasteiger partial charge in [-0.05, 0) is 25.5 Å². The molecule has 124 valence electrons. The molecule has 2 rings (SSSR count). The minimum absolute atomic E-state index is 0.170. The highest BCUT2D eigenvalue weighted by atomic mass is 32.2. The highest BCUT2D eigenvalue weighted by Gasteiger charge is 2.22. The third-order valence-electron chi connectivity index (χ3n) is 3.57. The Bertz CT molecular complexity index is 809. The van der Waals surface area contributed by atoms with Gasteiger partial charge in [0.2, 0.25) is 10.0 Å². The van der Waals surface area contributed by atoms with E-state index in [4.69, 9.17) is 0 Å². The lowest BCUT2D eigenvalue weighted by atomic mass is 9.89. The van der Waals surface area contributed by atoms with Crippen LogP contribution < -0.4 is 4.72 Å². The molecule has 1 heterocycles. The number of nitrogens with zero attached hydrogens (tertiary/aromatic N) is 2. The fourth-order valence-electron chi connectivity index (χ4n) is 2.51. The van der Waals surface area contributed by atoms with Crippen LogP contribution in [0.3, 0.4) is 0 Å². The van der Waals surface area contributed by atoms with Crippen molar-refractivity contribution in [3.63, 3.8) is 0 Å². The van der Waals surface area contributed by atoms with Crippen molar-refractivity contribution < 1.29 is 8.42 Å². The molecule has 2 aromatic rings. The first kappa shape index (κ1) is 17.6. The van der Waals surface area contributed by atoms with Gasteiger partial charge in [-0.3, -0.25) is 0 Å². The lowest BCUT2D eigenvalue weighted by Crippen LogP contribution is -2.26. The summed E-state index contributed by atoms with van der Waals surface area (Å²) >= 11 is 0. The second kappa shape index (κ2) is 6.37. The molecule has 5 nitrogen and oxygen atoms in total. The maximum absolute atomic E-state index is 12.5. The molecule has 0 saturated carbocycles. The van der Waals surface area contributed by atoms with E-state index in [2.05, 4.69) is 14.7 Å². The molecule has 0 amide bonds. The minimum Gasteiger partial charge on any atom is -0.244 e. The zero-order chi connectivity index (χ0) is 17.3. The van der Waals surface area contributed by atoms with Crippen LogP contribution in [0.5, 0.6) is 0 Å². The van der Waals surface area contributed by atoms with Crippen LogP contribution in [0.4, 0.5) is 0 Å². The predicted octanol–water partition coefficient (Wildman–Crippen LogP) is 2.87. The van der Waals surface area contributed by atoms with Crippen molar-refractivity contribution in [2.45, 2.75) is 51.5 Å². The van der Waals surface area contributed by atoms with Crippen molar-refractivity contribution in [2.75, 3.05) is 0 Å². The number of benzene rings is 1. The molecule has 0 bridgehead atoms. The van der Waals surface area contributed by atoms with E-state index in [-0.39, 0.29) is 12.0 Å². The molecule has 0 fully saturated rings. The van der Waals surface area contributed by atoms with Gasteiger partial charge in [0.05, 0.1) is 10.6 Å². The van der Waals surface area contributed by atoms with Gasteiger partial charge < -0.3 is 0 Å². The van der Waals surface area contributed by atoms with Gasteiger partial charge in [-0.15, -0.1) is 0 Å². The zero-order valence-corrected chi connectivity index (χ0v) is 15.0. The SMILES string of the molecule is Cc1ccc(S(=O)(=O)NCc2cncnc2C(C)(C)C)c(C)c1. The molecule has 0 saturated heterocycles. The number of aryl methyl sites for hydroxylation is 2. The van der Waals surface area contributed by atoms with E-state index in [1.807, 2.05) is 33.8 Å². The molecule has 0 aliphatic rings. The van der Waals surface area contributed by atoms with E-state index in [0.717, 1.165) is 22.4 Å². The van der Waals surface area contributed by atoms with Gasteiger partial charge in [0, 0.05) is 23.7 Å². The molecule has 0 aliphatic heterocycles. The Morgan fingerprint density at radius 1 is 1.17 bits per heavy atom. The highest BCUT2D eigenvalue weighted by molar-refractivity contribution is 7.89. The summed E-state index contributed by atoms with van der Waals surface area (Å²) in [6, 6.07) is 5.30. The quantitative estimate of drug-likeness (QED) is 0.934. The van der Waals surface area contributed by atoms with Crippen LogP contribution in [0.1, 0.15) is 43.2 Å². The van der Waals surface area contributed by atoms with E-state index in [0.29, 0.717) is 4.90 Å². The first-order valence-electron chi connectivity index (χ1n) is 7.47. The number of rotatable bonds is 4. The van der Waals surface area contributed by atoms with E-state index < -0.39 is 10.0 Å². The van der Waals surface area contributed by atoms with Crippen molar-refractivity contribution in [1.29, 1.82) is 0 Å². The smallest absolute Gasteiger partial charge is 0.241 e. The Morgan fingerprint density at radius 2 is 1.87 bits per heavy atom. The van der Waals surface area contributed by atoms with Gasteiger partial charge in [0.1, 0.15) is 6.33 Å². The number of hydrogen-bond donors (Lipinski definition) is 1. The van der Waals surface area contributed by atoms with Crippen molar-refractivity contribution in [3.8, 4) is 0 Å². The molecule has 0 unspecified atom stereocenters. The van der Waals surface area contributed by atoms with Crippen molar-refractivity contribution in [1.82, 2.24) is 14.7 Å². The maximum Gasteiger partial charge on any atom is 0.241 e. The van der Waals surface area contributed by atoms with Crippen LogP contribution in [-0.4, -0.2) is 18.4 Å². The number of nitrogens with one attached hydrogen (secondary N) is 1. The molecular weight excluding hydrogens is 310 g/mol. The average Bonchev–Trinajstić information content (AvgIpc) is 2.44. The van der Waals surface area contributed by atoms with Gasteiger partial charge in [0.25, 0.3) is 0 Å². The highest BCUT2D eigenvalue weighted by Crippen LogP contribution is 2.23. The van der Waals surface area contributed by atoms with E-state index in [1.54, 1.807) is 25.3 Å². The number of sulfonamides is 1. The largest absolute Gasteiger partial charge is 0.244 e. The van der Waals surface area contributed by atoms with Gasteiger partial charge in [-0.25, -0.2) is 23.1 Å². The summed E-state index contributed by atoms with van der Waals surface area (Å²) in [7, 11) is -3.57. The topological polar surface area (TPSA) is 72.0 Å². The number of hydrogen-bond acceptors (Lipinski definition) is 4. The summed E-state index contributed by atoms with van der Waals surface area (Å²) in [5.41, 5.74) is 3.22. The molecule has 1 aromatic carbocycles. The molecule has 0 aliphatic carbocycles. The maximum atomic E-state index is 12.5. The van der Waals surface area contributed by atoms with Crippen LogP contribution in [-0.2, 0) is 22.0 Å². The van der Waals surface area contributed by atoms with Crippen LogP contribution in [0.2, 0.25) is 0 Å². The Labute approximate surface area is 138 Å². The van der Waals surface area contributed by atoms with Crippen molar-refractivity contribution in [2.24, 2.45) is 0 Å². The van der Waals surface area contributed by atoms with Gasteiger partial charge in [-0.2, -0.15) is 0 Å². The second-order valence-electron chi connectivity index (χ2n) is 6.74. The summed E-state index contributed by atoms with van der Waals surface area (Å²) < 4.78 is 27.7. The van der Waals surface area contributed by atoms with Crippen LogP contribution >= 0.6 is 0 Å². The summed E-state index contributed by atoms with van der Waals surface area (Å²) in [6.07, 6.45) is 3.15. The molecule has 0 spiro atoms. The monoisotopic (exact) mass is 333 g/mol. The fourth-order valence-corrected chi connectivity index (χ4v) is 3.75. The zero-order valence-electron chi connectivity index (χ0n) is 14.2. The summed E-state index contributed by atoms with van der Waals surface area (Å²) in [5.74, 6) is 0. The van der Waals surface area contributed by atoms with Crippen molar-refractivity contribution in [3.05, 3.63) is 53.1 Å². The summed E-state index contributed by atoms with van der Waals surface area (Å²) in [5, 5.41) is 0. The first-order chi connectivity index (χ1) is 10.6. The van der Waals surface area contributed by atoms with E-state index >= 15 is 0 Å². The molecule has 6 heteroatoms. The van der Waals surface area contributed by atoms with Crippen molar-refractivity contribution >= 4 is 10.0 Å². The van der Waals surface area contributed by atoms with Gasteiger partial charge in [0.15, 0.2) is 0 Å². The normalized spacial score (nSPS) is 12.4. The molecule has 0 radical (unpaired) electrons. The Morgan fingerprint density at radius 3 is 2.48 bits per heavy atom. The van der Waals surface area contributed by atoms with Crippen LogP contribution in [0.25, 0.3) is 0 Å². The molecule has 1 N–H and O–H groups in total. The average molecular weight is 333 g/mol. The summed E-state index contributed by atoms with van der Waals surface area (Å²) in [6.45, 7) is 10.0. The first-order valence-corrected chi connectivity index (χ1v) is 8.96. The fraction of sp³-hybridized carbons (Fsp3) is 0.412. The van der Waals surface area contributed by atoms with Gasteiger partial charge >= 0.3 is 0 Å². The minimum atomic E-state index is -3.57.